The summed E-state index contributed by atoms with van der Waals surface area (Å²) < 4.78 is 75.1. The van der Waals surface area contributed by atoms with E-state index in [0.29, 0.717) is 0 Å². The van der Waals surface area contributed by atoms with Crippen LogP contribution in [0.15, 0.2) is 18.5 Å². The molecule has 0 aliphatic rings. The molecule has 0 unspecified atom stereocenters. The minimum absolute atomic E-state index is 0.0550. The Kier molecular flexibility index (Phi) is 3.15. The van der Waals surface area contributed by atoms with Gasteiger partial charge in [-0.2, -0.15) is 27.1 Å². The molecule has 0 aliphatic carbocycles. The second-order valence-corrected chi connectivity index (χ2v) is 3.89. The van der Waals surface area contributed by atoms with Gasteiger partial charge < -0.3 is 0 Å². The highest BCUT2D eigenvalue weighted by molar-refractivity contribution is 5.74. The molecule has 0 N–H and O–H groups in total. The highest BCUT2D eigenvalue weighted by Crippen LogP contribution is 2.38. The topological polar surface area (TPSA) is 30.7 Å². The van der Waals surface area contributed by atoms with Crippen LogP contribution >= 0.6 is 0 Å². The Morgan fingerprint density at radius 3 is 2.42 bits per heavy atom. The largest absolute Gasteiger partial charge is 0.453 e. The smallest absolute Gasteiger partial charge is 0.247 e. The number of rotatable bonds is 3. The van der Waals surface area contributed by atoms with Gasteiger partial charge in [-0.25, -0.2) is 14.1 Å². The quantitative estimate of drug-likeness (QED) is 0.810. The van der Waals surface area contributed by atoms with Gasteiger partial charge in [0.2, 0.25) is 0 Å². The lowest BCUT2D eigenvalue weighted by Gasteiger charge is -2.19. The van der Waals surface area contributed by atoms with Crippen LogP contribution in [0.4, 0.5) is 26.3 Å². The van der Waals surface area contributed by atoms with Crippen LogP contribution in [0.5, 0.6) is 0 Å². The predicted octanol–water partition coefficient (Wildman–Crippen LogP) is 3.16. The fourth-order valence-electron chi connectivity index (χ4n) is 1.50. The highest BCUT2D eigenvalue weighted by Gasteiger charge is 2.56. The van der Waals surface area contributed by atoms with Crippen LogP contribution in [0, 0.1) is 5.82 Å². The molecule has 0 saturated heterocycles. The van der Waals surface area contributed by atoms with E-state index in [4.69, 9.17) is 0 Å². The normalized spacial score (nSPS) is 13.2. The van der Waals surface area contributed by atoms with Crippen LogP contribution in [0.3, 0.4) is 0 Å². The third-order valence-electron chi connectivity index (χ3n) is 2.49. The summed E-state index contributed by atoms with van der Waals surface area (Å²) in [5.74, 6) is -5.45. The van der Waals surface area contributed by atoms with Crippen LogP contribution in [0.2, 0.25) is 0 Å². The molecule has 9 heteroatoms. The summed E-state index contributed by atoms with van der Waals surface area (Å²) in [4.78, 5) is 3.60. The van der Waals surface area contributed by atoms with E-state index in [9.17, 15) is 26.3 Å². The molecule has 2 heterocycles. The summed E-state index contributed by atoms with van der Waals surface area (Å²) in [5.41, 5.74) is 0.0550. The molecular formula is C10H7F6N3. The van der Waals surface area contributed by atoms with Crippen molar-refractivity contribution in [1.29, 1.82) is 0 Å². The van der Waals surface area contributed by atoms with Crippen molar-refractivity contribution in [3.63, 3.8) is 0 Å². The summed E-state index contributed by atoms with van der Waals surface area (Å²) >= 11 is 0. The first-order valence-corrected chi connectivity index (χ1v) is 5.12. The molecule has 0 aliphatic heterocycles. The van der Waals surface area contributed by atoms with Gasteiger partial charge in [0.1, 0.15) is 5.82 Å². The van der Waals surface area contributed by atoms with E-state index in [2.05, 4.69) is 10.1 Å². The van der Waals surface area contributed by atoms with E-state index >= 15 is 0 Å². The molecule has 2 aromatic heterocycles. The first kappa shape index (κ1) is 13.6. The van der Waals surface area contributed by atoms with E-state index in [1.165, 1.54) is 0 Å². The van der Waals surface area contributed by atoms with Crippen molar-refractivity contribution in [2.45, 2.75) is 25.1 Å². The van der Waals surface area contributed by atoms with Crippen LogP contribution < -0.4 is 0 Å². The number of pyridine rings is 1. The van der Waals surface area contributed by atoms with Gasteiger partial charge in [0, 0.05) is 18.4 Å². The van der Waals surface area contributed by atoms with Gasteiger partial charge in [-0.15, -0.1) is 0 Å². The maximum absolute atomic E-state index is 12.8. The molecule has 0 radical (unpaired) electrons. The summed E-state index contributed by atoms with van der Waals surface area (Å²) in [7, 11) is 0. The summed E-state index contributed by atoms with van der Waals surface area (Å²) in [6.07, 6.45) is -5.07. The minimum atomic E-state index is -5.60. The van der Waals surface area contributed by atoms with E-state index in [0.717, 1.165) is 23.1 Å². The third-order valence-corrected chi connectivity index (χ3v) is 2.49. The highest BCUT2D eigenvalue weighted by atomic mass is 19.4. The van der Waals surface area contributed by atoms with E-state index in [1.807, 2.05) is 0 Å². The fraction of sp³-hybridized carbons (Fsp3) is 0.400. The van der Waals surface area contributed by atoms with Crippen molar-refractivity contribution in [1.82, 2.24) is 14.8 Å². The number of aryl methyl sites for hydroxylation is 1. The van der Waals surface area contributed by atoms with Crippen LogP contribution in [-0.2, 0) is 6.54 Å². The molecule has 0 atom stereocenters. The van der Waals surface area contributed by atoms with Crippen molar-refractivity contribution in [3.8, 4) is 0 Å². The zero-order valence-electron chi connectivity index (χ0n) is 9.26. The summed E-state index contributed by atoms with van der Waals surface area (Å²) in [6, 6.07) is 1.06. The van der Waals surface area contributed by atoms with Crippen molar-refractivity contribution >= 4 is 11.0 Å². The molecule has 0 fully saturated rings. The minimum Gasteiger partial charge on any atom is -0.247 e. The lowest BCUT2D eigenvalue weighted by Crippen LogP contribution is -2.37. The van der Waals surface area contributed by atoms with Crippen molar-refractivity contribution in [2.24, 2.45) is 0 Å². The first-order valence-electron chi connectivity index (χ1n) is 5.12. The standard InChI is InChI=1S/C10H7F6N3/c11-7-3-6-4-18-19(8(6)17-5-7)2-1-9(12,13)10(14,15)16/h3-5H,1-2H2. The molecule has 104 valence electrons. The average Bonchev–Trinajstić information content (AvgIpc) is 2.67. The Labute approximate surface area is 102 Å². The monoisotopic (exact) mass is 283 g/mol. The maximum atomic E-state index is 12.8. The van der Waals surface area contributed by atoms with Gasteiger partial charge in [-0.05, 0) is 6.07 Å². The average molecular weight is 283 g/mol. The Bertz CT molecular complexity index is 588. The second kappa shape index (κ2) is 4.39. The van der Waals surface area contributed by atoms with Gasteiger partial charge in [0.05, 0.1) is 12.4 Å². The van der Waals surface area contributed by atoms with Crippen molar-refractivity contribution < 1.29 is 26.3 Å². The molecule has 0 bridgehead atoms. The fourth-order valence-corrected chi connectivity index (χ4v) is 1.50. The molecule has 0 aromatic carbocycles. The van der Waals surface area contributed by atoms with Gasteiger partial charge in [-0.1, -0.05) is 0 Å². The molecule has 2 rings (SSSR count). The number of alkyl halides is 5. The first-order chi connectivity index (χ1) is 8.71. The number of aromatic nitrogens is 3. The zero-order chi connectivity index (χ0) is 14.3. The van der Waals surface area contributed by atoms with E-state index < -0.39 is 30.9 Å². The summed E-state index contributed by atoms with van der Waals surface area (Å²) in [6.45, 7) is -0.672. The molecule has 3 nitrogen and oxygen atoms in total. The number of hydrogen-bond acceptors (Lipinski definition) is 2. The van der Waals surface area contributed by atoms with Crippen LogP contribution in [-0.4, -0.2) is 26.9 Å². The third kappa shape index (κ3) is 2.64. The van der Waals surface area contributed by atoms with Crippen LogP contribution in [0.1, 0.15) is 6.42 Å². The lowest BCUT2D eigenvalue weighted by atomic mass is 10.2. The molecule has 0 amide bonds. The molecule has 0 spiro atoms. The molecule has 2 aromatic rings. The van der Waals surface area contributed by atoms with Crippen LogP contribution in [0.25, 0.3) is 11.0 Å². The van der Waals surface area contributed by atoms with E-state index in [1.54, 1.807) is 0 Å². The van der Waals surface area contributed by atoms with Gasteiger partial charge in [0.25, 0.3) is 0 Å². The van der Waals surface area contributed by atoms with E-state index in [-0.39, 0.29) is 11.0 Å². The SMILES string of the molecule is Fc1cnc2c(cnn2CCC(F)(F)C(F)(F)F)c1. The summed E-state index contributed by atoms with van der Waals surface area (Å²) in [5, 5.41) is 3.84. The molecule has 0 saturated carbocycles. The molecule has 19 heavy (non-hydrogen) atoms. The maximum Gasteiger partial charge on any atom is 0.453 e. The Morgan fingerprint density at radius 1 is 1.11 bits per heavy atom. The Hall–Kier alpha value is -1.80. The zero-order valence-corrected chi connectivity index (χ0v) is 9.26. The Balaban J connectivity index is 2.19. The number of nitrogens with zero attached hydrogens (tertiary/aromatic N) is 3. The van der Waals surface area contributed by atoms with Crippen molar-refractivity contribution in [3.05, 3.63) is 24.3 Å². The predicted molar refractivity (Wildman–Crippen MR) is 53.1 cm³/mol. The Morgan fingerprint density at radius 2 is 1.79 bits per heavy atom. The van der Waals surface area contributed by atoms with Gasteiger partial charge >= 0.3 is 12.1 Å². The molecular weight excluding hydrogens is 276 g/mol. The lowest BCUT2D eigenvalue weighted by molar-refractivity contribution is -0.285. The number of hydrogen-bond donors (Lipinski definition) is 0. The number of halogens is 6. The van der Waals surface area contributed by atoms with Crippen molar-refractivity contribution in [2.75, 3.05) is 0 Å². The second-order valence-electron chi connectivity index (χ2n) is 3.89. The number of fused-ring (bicyclic) bond motifs is 1. The van der Waals surface area contributed by atoms with Gasteiger partial charge in [0.15, 0.2) is 5.65 Å². The van der Waals surface area contributed by atoms with Gasteiger partial charge in [-0.3, -0.25) is 0 Å².